The first-order valence-electron chi connectivity index (χ1n) is 10.9. The minimum atomic E-state index is -3.47. The van der Waals surface area contributed by atoms with Gasteiger partial charge in [-0.05, 0) is 39.3 Å². The van der Waals surface area contributed by atoms with Crippen LogP contribution in [0.25, 0.3) is 22.4 Å². The highest BCUT2D eigenvalue weighted by molar-refractivity contribution is 7.89. The van der Waals surface area contributed by atoms with Crippen LogP contribution in [-0.2, 0) is 16.4 Å². The zero-order valence-corrected chi connectivity index (χ0v) is 19.9. The topological polar surface area (TPSA) is 129 Å². The van der Waals surface area contributed by atoms with Gasteiger partial charge in [0.05, 0.1) is 41.1 Å². The quantitative estimate of drug-likeness (QED) is 0.417. The summed E-state index contributed by atoms with van der Waals surface area (Å²) in [6, 6.07) is 3.96. The lowest BCUT2D eigenvalue weighted by Gasteiger charge is -2.17. The molecule has 0 radical (unpaired) electrons. The van der Waals surface area contributed by atoms with E-state index < -0.39 is 16.1 Å². The number of aromatic nitrogens is 7. The Hall–Kier alpha value is -3.18. The number of imidazole rings is 1. The molecule has 0 fully saturated rings. The molecule has 11 heteroatoms. The van der Waals surface area contributed by atoms with Gasteiger partial charge < -0.3 is 9.67 Å². The summed E-state index contributed by atoms with van der Waals surface area (Å²) in [5, 5.41) is 14.1. The molecule has 1 unspecified atom stereocenters. The molecule has 4 aromatic heterocycles. The van der Waals surface area contributed by atoms with E-state index in [0.717, 1.165) is 32.9 Å². The molecule has 174 valence electrons. The molecule has 0 saturated carbocycles. The number of hydrogen-bond acceptors (Lipinski definition) is 8. The standard InChI is InChI=1S/C22H27N7O3S/c1-5-14(3)29-20-10-18(24-12-19(20)27-22(29)15(4)30)9-17-7-8-23-21(26-17)16-11-25-28(13-16)33(31,32)6-2/h7-8,10-15,30H,5-6,9H2,1-4H3/t14?,15-/m1/s1. The summed E-state index contributed by atoms with van der Waals surface area (Å²) in [7, 11) is -3.47. The van der Waals surface area contributed by atoms with Crippen LogP contribution >= 0.6 is 0 Å². The van der Waals surface area contributed by atoms with Crippen molar-refractivity contribution in [2.24, 2.45) is 0 Å². The molecular formula is C22H27N7O3S. The Morgan fingerprint density at radius 3 is 2.58 bits per heavy atom. The van der Waals surface area contributed by atoms with Crippen molar-refractivity contribution < 1.29 is 13.5 Å². The normalized spacial score (nSPS) is 14.0. The molecule has 0 aromatic carbocycles. The SMILES string of the molecule is CCC(C)n1c([C@@H](C)O)nc2cnc(Cc3ccnc(-c4cnn(S(=O)(=O)CC)c4)n3)cc21. The zero-order chi connectivity index (χ0) is 23.8. The summed E-state index contributed by atoms with van der Waals surface area (Å²) < 4.78 is 27.1. The summed E-state index contributed by atoms with van der Waals surface area (Å²) in [5.74, 6) is 0.974. The van der Waals surface area contributed by atoms with Crippen LogP contribution in [0, 0.1) is 0 Å². The maximum absolute atomic E-state index is 12.0. The molecule has 0 bridgehead atoms. The second-order valence-corrected chi connectivity index (χ2v) is 10.1. The van der Waals surface area contributed by atoms with E-state index in [1.807, 2.05) is 6.07 Å². The number of pyridine rings is 1. The summed E-state index contributed by atoms with van der Waals surface area (Å²) in [5.41, 5.74) is 3.73. The van der Waals surface area contributed by atoms with E-state index in [9.17, 15) is 13.5 Å². The molecule has 10 nitrogen and oxygen atoms in total. The molecule has 0 saturated heterocycles. The highest BCUT2D eigenvalue weighted by Gasteiger charge is 2.19. The number of hydrogen-bond donors (Lipinski definition) is 1. The predicted octanol–water partition coefficient (Wildman–Crippen LogP) is 2.90. The van der Waals surface area contributed by atoms with Gasteiger partial charge in [-0.15, -0.1) is 0 Å². The molecule has 0 amide bonds. The van der Waals surface area contributed by atoms with E-state index in [4.69, 9.17) is 0 Å². The highest BCUT2D eigenvalue weighted by Crippen LogP contribution is 2.27. The first-order chi connectivity index (χ1) is 15.7. The maximum atomic E-state index is 12.0. The average molecular weight is 470 g/mol. The molecule has 2 atom stereocenters. The Bertz CT molecular complexity index is 1390. The number of rotatable bonds is 8. The van der Waals surface area contributed by atoms with Crippen molar-refractivity contribution in [3.05, 3.63) is 54.1 Å². The minimum absolute atomic E-state index is 0.0484. The zero-order valence-electron chi connectivity index (χ0n) is 19.0. The molecule has 1 N–H and O–H groups in total. The number of aliphatic hydroxyl groups is 1. The number of fused-ring (bicyclic) bond motifs is 1. The lowest BCUT2D eigenvalue weighted by molar-refractivity contribution is 0.182. The van der Waals surface area contributed by atoms with Crippen molar-refractivity contribution in [2.75, 3.05) is 5.75 Å². The van der Waals surface area contributed by atoms with Crippen molar-refractivity contribution in [1.29, 1.82) is 0 Å². The van der Waals surface area contributed by atoms with E-state index in [1.165, 1.54) is 12.4 Å². The second-order valence-electron chi connectivity index (χ2n) is 7.99. The van der Waals surface area contributed by atoms with Crippen molar-refractivity contribution in [3.8, 4) is 11.4 Å². The molecule has 4 heterocycles. The molecular weight excluding hydrogens is 442 g/mol. The van der Waals surface area contributed by atoms with Crippen LogP contribution in [0.2, 0.25) is 0 Å². The van der Waals surface area contributed by atoms with E-state index in [0.29, 0.717) is 23.6 Å². The fraction of sp³-hybridized carbons (Fsp3) is 0.409. The van der Waals surface area contributed by atoms with Crippen LogP contribution in [0.15, 0.2) is 36.9 Å². The summed E-state index contributed by atoms with van der Waals surface area (Å²) in [6.45, 7) is 7.48. The molecule has 4 rings (SSSR count). The van der Waals surface area contributed by atoms with E-state index in [2.05, 4.69) is 43.4 Å². The molecule has 0 aliphatic carbocycles. The van der Waals surface area contributed by atoms with E-state index in [-0.39, 0.29) is 11.8 Å². The third-order valence-corrected chi connectivity index (χ3v) is 7.11. The second kappa shape index (κ2) is 8.99. The van der Waals surface area contributed by atoms with Gasteiger partial charge in [-0.3, -0.25) is 4.98 Å². The lowest BCUT2D eigenvalue weighted by Crippen LogP contribution is -2.14. The smallest absolute Gasteiger partial charge is 0.253 e. The fourth-order valence-electron chi connectivity index (χ4n) is 3.62. The van der Waals surface area contributed by atoms with Crippen LogP contribution in [0.1, 0.15) is 63.5 Å². The molecule has 4 aromatic rings. The van der Waals surface area contributed by atoms with Gasteiger partial charge in [-0.2, -0.15) is 9.19 Å². The molecule has 0 aliphatic rings. The largest absolute Gasteiger partial charge is 0.385 e. The first kappa shape index (κ1) is 23.0. The van der Waals surface area contributed by atoms with Crippen LogP contribution in [0.5, 0.6) is 0 Å². The van der Waals surface area contributed by atoms with Gasteiger partial charge in [0.2, 0.25) is 0 Å². The Balaban J connectivity index is 1.67. The van der Waals surface area contributed by atoms with Crippen LogP contribution in [0.4, 0.5) is 0 Å². The summed E-state index contributed by atoms with van der Waals surface area (Å²) >= 11 is 0. The Morgan fingerprint density at radius 2 is 1.88 bits per heavy atom. The van der Waals surface area contributed by atoms with Gasteiger partial charge in [-0.25, -0.2) is 23.4 Å². The fourth-order valence-corrected chi connectivity index (χ4v) is 4.35. The van der Waals surface area contributed by atoms with E-state index >= 15 is 0 Å². The minimum Gasteiger partial charge on any atom is -0.385 e. The van der Waals surface area contributed by atoms with Crippen LogP contribution in [-0.4, -0.2) is 53.0 Å². The van der Waals surface area contributed by atoms with Crippen molar-refractivity contribution in [2.45, 2.75) is 52.7 Å². The first-order valence-corrected chi connectivity index (χ1v) is 12.5. The van der Waals surface area contributed by atoms with Crippen LogP contribution in [0.3, 0.4) is 0 Å². The number of aliphatic hydroxyl groups excluding tert-OH is 1. The van der Waals surface area contributed by atoms with Gasteiger partial charge in [0, 0.05) is 24.4 Å². The van der Waals surface area contributed by atoms with Crippen LogP contribution < -0.4 is 0 Å². The maximum Gasteiger partial charge on any atom is 0.253 e. The Labute approximate surface area is 192 Å². The average Bonchev–Trinajstić information content (AvgIpc) is 3.44. The lowest BCUT2D eigenvalue weighted by atomic mass is 10.2. The van der Waals surface area contributed by atoms with Gasteiger partial charge in [0.1, 0.15) is 17.4 Å². The van der Waals surface area contributed by atoms with E-state index in [1.54, 1.807) is 32.3 Å². The van der Waals surface area contributed by atoms with Crippen molar-refractivity contribution in [1.82, 2.24) is 33.7 Å². The number of nitrogens with zero attached hydrogens (tertiary/aromatic N) is 7. The van der Waals surface area contributed by atoms with Gasteiger partial charge in [-0.1, -0.05) is 6.92 Å². The predicted molar refractivity (Wildman–Crippen MR) is 124 cm³/mol. The summed E-state index contributed by atoms with van der Waals surface area (Å²) in [6.07, 6.45) is 6.90. The van der Waals surface area contributed by atoms with Crippen molar-refractivity contribution in [3.63, 3.8) is 0 Å². The summed E-state index contributed by atoms with van der Waals surface area (Å²) in [4.78, 5) is 18.0. The van der Waals surface area contributed by atoms with Gasteiger partial charge in [0.25, 0.3) is 10.0 Å². The monoisotopic (exact) mass is 469 g/mol. The Kier molecular flexibility index (Phi) is 6.26. The third kappa shape index (κ3) is 4.51. The highest BCUT2D eigenvalue weighted by atomic mass is 32.2. The molecule has 0 aliphatic heterocycles. The van der Waals surface area contributed by atoms with Gasteiger partial charge in [0.15, 0.2) is 5.82 Å². The Morgan fingerprint density at radius 1 is 1.09 bits per heavy atom. The third-order valence-electron chi connectivity index (χ3n) is 5.61. The van der Waals surface area contributed by atoms with Crippen molar-refractivity contribution >= 4 is 21.1 Å². The molecule has 0 spiro atoms. The molecule has 33 heavy (non-hydrogen) atoms. The van der Waals surface area contributed by atoms with Gasteiger partial charge >= 0.3 is 0 Å².